The maximum atomic E-state index is 6.20. The minimum Gasteiger partial charge on any atom is -0.456 e. The number of hydrogen-bond donors (Lipinski definition) is 0. The zero-order valence-corrected chi connectivity index (χ0v) is 17.9. The van der Waals surface area contributed by atoms with Crippen LogP contribution in [0.5, 0.6) is 0 Å². The van der Waals surface area contributed by atoms with E-state index in [9.17, 15) is 0 Å². The van der Waals surface area contributed by atoms with Gasteiger partial charge in [-0.15, -0.1) is 0 Å². The van der Waals surface area contributed by atoms with Gasteiger partial charge in [0, 0.05) is 26.9 Å². The molecule has 4 nitrogen and oxygen atoms in total. The van der Waals surface area contributed by atoms with Gasteiger partial charge in [0.2, 0.25) is 0 Å². The Bertz CT molecular complexity index is 2290. The molecule has 5 aromatic carbocycles. The van der Waals surface area contributed by atoms with E-state index in [0.29, 0.717) is 0 Å². The number of aromatic nitrogens is 3. The average Bonchev–Trinajstić information content (AvgIpc) is 3.51. The van der Waals surface area contributed by atoms with E-state index >= 15 is 0 Å². The van der Waals surface area contributed by atoms with E-state index < -0.39 is 0 Å². The van der Waals surface area contributed by atoms with Crippen LogP contribution in [0.3, 0.4) is 0 Å². The monoisotopic (exact) mass is 433 g/mol. The summed E-state index contributed by atoms with van der Waals surface area (Å²) in [5.74, 6) is 0. The summed E-state index contributed by atoms with van der Waals surface area (Å²) in [6.45, 7) is 0. The van der Waals surface area contributed by atoms with Gasteiger partial charge in [-0.2, -0.15) is 0 Å². The molecule has 9 aromatic rings. The molecule has 0 spiro atoms. The molecule has 0 saturated carbocycles. The summed E-state index contributed by atoms with van der Waals surface area (Å²) in [6.07, 6.45) is 0. The molecule has 4 heteroatoms. The first-order chi connectivity index (χ1) is 16.8. The molecule has 0 aliphatic carbocycles. The number of nitrogens with zero attached hydrogens (tertiary/aromatic N) is 3. The van der Waals surface area contributed by atoms with E-state index in [1.807, 2.05) is 12.1 Å². The topological polar surface area (TPSA) is 43.3 Å². The zero-order valence-electron chi connectivity index (χ0n) is 17.9. The zero-order chi connectivity index (χ0) is 22.0. The second-order valence-corrected chi connectivity index (χ2v) is 9.08. The van der Waals surface area contributed by atoms with Gasteiger partial charge in [-0.1, -0.05) is 60.7 Å². The molecule has 0 atom stereocenters. The fourth-order valence-corrected chi connectivity index (χ4v) is 5.76. The first-order valence-electron chi connectivity index (χ1n) is 11.4. The summed E-state index contributed by atoms with van der Waals surface area (Å²) in [5.41, 5.74) is 7.81. The third-order valence-electron chi connectivity index (χ3n) is 7.27. The summed E-state index contributed by atoms with van der Waals surface area (Å²) in [4.78, 5) is 10.3. The highest BCUT2D eigenvalue weighted by atomic mass is 16.3. The number of benzene rings is 5. The van der Waals surface area contributed by atoms with Crippen molar-refractivity contribution in [1.29, 1.82) is 0 Å². The third-order valence-corrected chi connectivity index (χ3v) is 7.27. The number of rotatable bonds is 0. The Hall–Kier alpha value is -4.70. The van der Waals surface area contributed by atoms with Crippen molar-refractivity contribution < 1.29 is 4.42 Å². The number of furan rings is 1. The lowest BCUT2D eigenvalue weighted by Crippen LogP contribution is -1.89. The van der Waals surface area contributed by atoms with Crippen LogP contribution in [0.25, 0.3) is 82.1 Å². The SMILES string of the molecule is c1ccc2cc3nc4c(nc3cc2c1)c1cccc2c3cc5oc6ccccc6c5cc3n4c21. The van der Waals surface area contributed by atoms with E-state index in [2.05, 4.69) is 83.3 Å². The molecule has 0 fully saturated rings. The molecule has 34 heavy (non-hydrogen) atoms. The summed E-state index contributed by atoms with van der Waals surface area (Å²) < 4.78 is 8.49. The second kappa shape index (κ2) is 5.61. The smallest absolute Gasteiger partial charge is 0.165 e. The lowest BCUT2D eigenvalue weighted by atomic mass is 10.1. The molecular weight excluding hydrogens is 418 g/mol. The van der Waals surface area contributed by atoms with Crippen molar-refractivity contribution >= 4 is 82.1 Å². The number of fused-ring (bicyclic) bond motifs is 11. The van der Waals surface area contributed by atoms with E-state index in [0.717, 1.165) is 55.0 Å². The van der Waals surface area contributed by atoms with Crippen molar-refractivity contribution in [2.24, 2.45) is 0 Å². The minimum atomic E-state index is 0.899. The van der Waals surface area contributed by atoms with Gasteiger partial charge in [-0.3, -0.25) is 4.40 Å². The van der Waals surface area contributed by atoms with Crippen LogP contribution >= 0.6 is 0 Å². The van der Waals surface area contributed by atoms with Gasteiger partial charge in [0.15, 0.2) is 5.65 Å². The van der Waals surface area contributed by atoms with E-state index in [1.54, 1.807) is 0 Å². The van der Waals surface area contributed by atoms with Gasteiger partial charge in [0.25, 0.3) is 0 Å². The van der Waals surface area contributed by atoms with Crippen LogP contribution < -0.4 is 0 Å². The van der Waals surface area contributed by atoms with Crippen molar-refractivity contribution in [3.05, 3.63) is 91.0 Å². The van der Waals surface area contributed by atoms with Crippen LogP contribution in [0.1, 0.15) is 0 Å². The molecule has 0 saturated heterocycles. The molecule has 0 bridgehead atoms. The molecule has 9 rings (SSSR count). The standard InChI is InChI=1S/C30H15N3O/c1-2-7-17-13-24-23(12-16(17)6-1)31-28-20-10-5-9-19-21-15-27-22(18-8-3-4-11-26(18)34-27)14-25(21)33(29(19)20)30(28)32-24/h1-15H. The normalized spacial score (nSPS) is 12.7. The Kier molecular flexibility index (Phi) is 2.78. The Morgan fingerprint density at radius 2 is 1.29 bits per heavy atom. The van der Waals surface area contributed by atoms with Gasteiger partial charge in [0.05, 0.1) is 22.1 Å². The van der Waals surface area contributed by atoms with Crippen LogP contribution in [0.2, 0.25) is 0 Å². The number of hydrogen-bond acceptors (Lipinski definition) is 3. The Balaban J connectivity index is 1.53. The predicted molar refractivity (Wildman–Crippen MR) is 139 cm³/mol. The van der Waals surface area contributed by atoms with Crippen molar-refractivity contribution in [3.63, 3.8) is 0 Å². The maximum Gasteiger partial charge on any atom is 0.165 e. The van der Waals surface area contributed by atoms with E-state index in [1.165, 1.54) is 27.1 Å². The molecule has 4 heterocycles. The largest absolute Gasteiger partial charge is 0.456 e. The van der Waals surface area contributed by atoms with Crippen LogP contribution in [-0.4, -0.2) is 14.4 Å². The molecule has 0 N–H and O–H groups in total. The summed E-state index contributed by atoms with van der Waals surface area (Å²) in [5, 5.41) is 8.11. The quantitative estimate of drug-likeness (QED) is 0.229. The molecule has 0 aliphatic rings. The van der Waals surface area contributed by atoms with Crippen LogP contribution in [0.4, 0.5) is 0 Å². The fraction of sp³-hybridized carbons (Fsp3) is 0. The first kappa shape index (κ1) is 16.9. The van der Waals surface area contributed by atoms with Crippen molar-refractivity contribution in [2.45, 2.75) is 0 Å². The first-order valence-corrected chi connectivity index (χ1v) is 11.4. The second-order valence-electron chi connectivity index (χ2n) is 9.08. The van der Waals surface area contributed by atoms with Gasteiger partial charge in [-0.25, -0.2) is 9.97 Å². The summed E-state index contributed by atoms with van der Waals surface area (Å²) in [7, 11) is 0. The minimum absolute atomic E-state index is 0.899. The van der Waals surface area contributed by atoms with Gasteiger partial charge in [-0.05, 0) is 41.1 Å². The third kappa shape index (κ3) is 1.92. The maximum absolute atomic E-state index is 6.20. The highest BCUT2D eigenvalue weighted by molar-refractivity contribution is 6.24. The van der Waals surface area contributed by atoms with Crippen molar-refractivity contribution in [3.8, 4) is 0 Å². The predicted octanol–water partition coefficient (Wildman–Crippen LogP) is 7.83. The van der Waals surface area contributed by atoms with Crippen LogP contribution in [-0.2, 0) is 0 Å². The molecule has 156 valence electrons. The summed E-state index contributed by atoms with van der Waals surface area (Å²) in [6, 6.07) is 31.8. The molecule has 0 aliphatic heterocycles. The summed E-state index contributed by atoms with van der Waals surface area (Å²) >= 11 is 0. The molecule has 0 amide bonds. The van der Waals surface area contributed by atoms with E-state index in [-0.39, 0.29) is 0 Å². The lowest BCUT2D eigenvalue weighted by molar-refractivity contribution is 0.669. The average molecular weight is 433 g/mol. The van der Waals surface area contributed by atoms with Crippen molar-refractivity contribution in [1.82, 2.24) is 14.4 Å². The fourth-order valence-electron chi connectivity index (χ4n) is 5.76. The molecule has 0 unspecified atom stereocenters. The van der Waals surface area contributed by atoms with Crippen LogP contribution in [0.15, 0.2) is 95.4 Å². The van der Waals surface area contributed by atoms with E-state index in [4.69, 9.17) is 14.4 Å². The molecular formula is C30H15N3O. The Morgan fingerprint density at radius 1 is 0.559 bits per heavy atom. The van der Waals surface area contributed by atoms with Gasteiger partial charge < -0.3 is 4.42 Å². The van der Waals surface area contributed by atoms with Crippen LogP contribution in [0, 0.1) is 0 Å². The molecule has 4 aromatic heterocycles. The lowest BCUT2D eigenvalue weighted by Gasteiger charge is -2.03. The highest BCUT2D eigenvalue weighted by Gasteiger charge is 2.21. The van der Waals surface area contributed by atoms with Crippen molar-refractivity contribution in [2.75, 3.05) is 0 Å². The molecule has 0 radical (unpaired) electrons. The number of para-hydroxylation sites is 2. The Labute approximate surface area is 192 Å². The van der Waals surface area contributed by atoms with Gasteiger partial charge >= 0.3 is 0 Å². The Morgan fingerprint density at radius 3 is 2.18 bits per heavy atom. The van der Waals surface area contributed by atoms with Gasteiger partial charge in [0.1, 0.15) is 16.7 Å². The highest BCUT2D eigenvalue weighted by Crippen LogP contribution is 2.41.